The largest absolute Gasteiger partial charge is 0.389 e. The zero-order chi connectivity index (χ0) is 13.9. The van der Waals surface area contributed by atoms with Crippen LogP contribution in [0.25, 0.3) is 0 Å². The van der Waals surface area contributed by atoms with E-state index in [1.165, 1.54) is 6.26 Å². The first-order valence-electron chi connectivity index (χ1n) is 5.19. The quantitative estimate of drug-likeness (QED) is 0.834. The molecule has 0 fully saturated rings. The number of anilines is 1. The standard InChI is InChI=1S/C11H15ClN2O2S2/c1-14(5-6-18(2,15)16)10-7-8(12)3-4-9(10)11(13)17/h3-4,7H,5-6H2,1-2H3,(H2,13,17). The lowest BCUT2D eigenvalue weighted by Crippen LogP contribution is -2.27. The van der Waals surface area contributed by atoms with Crippen molar-refractivity contribution < 1.29 is 8.42 Å². The van der Waals surface area contributed by atoms with Crippen molar-refractivity contribution in [1.82, 2.24) is 0 Å². The first-order chi connectivity index (χ1) is 8.20. The van der Waals surface area contributed by atoms with E-state index in [1.54, 1.807) is 30.1 Å². The molecule has 0 aliphatic heterocycles. The van der Waals surface area contributed by atoms with Crippen molar-refractivity contribution in [2.75, 3.05) is 30.5 Å². The van der Waals surface area contributed by atoms with Crippen molar-refractivity contribution >= 4 is 44.3 Å². The number of nitrogens with zero attached hydrogens (tertiary/aromatic N) is 1. The summed E-state index contributed by atoms with van der Waals surface area (Å²) in [6.45, 7) is 0.356. The van der Waals surface area contributed by atoms with Crippen LogP contribution in [0, 0.1) is 0 Å². The van der Waals surface area contributed by atoms with Crippen molar-refractivity contribution in [2.45, 2.75) is 0 Å². The van der Waals surface area contributed by atoms with Gasteiger partial charge in [0.1, 0.15) is 14.8 Å². The Morgan fingerprint density at radius 3 is 2.61 bits per heavy atom. The summed E-state index contributed by atoms with van der Waals surface area (Å²) in [6, 6.07) is 5.15. The van der Waals surface area contributed by atoms with Crippen LogP contribution in [0.5, 0.6) is 0 Å². The van der Waals surface area contributed by atoms with E-state index in [4.69, 9.17) is 29.6 Å². The van der Waals surface area contributed by atoms with Crippen molar-refractivity contribution in [3.63, 3.8) is 0 Å². The molecule has 2 N–H and O–H groups in total. The molecule has 0 aliphatic rings. The van der Waals surface area contributed by atoms with E-state index in [2.05, 4.69) is 0 Å². The van der Waals surface area contributed by atoms with Crippen LogP contribution >= 0.6 is 23.8 Å². The summed E-state index contributed by atoms with van der Waals surface area (Å²) in [4.78, 5) is 2.04. The van der Waals surface area contributed by atoms with E-state index in [0.29, 0.717) is 17.1 Å². The molecule has 0 atom stereocenters. The maximum absolute atomic E-state index is 11.1. The lowest BCUT2D eigenvalue weighted by molar-refractivity contribution is 0.601. The molecule has 1 aromatic carbocycles. The summed E-state index contributed by atoms with van der Waals surface area (Å²) < 4.78 is 22.3. The van der Waals surface area contributed by atoms with Gasteiger partial charge in [-0.15, -0.1) is 0 Å². The fraction of sp³-hybridized carbons (Fsp3) is 0.364. The molecule has 0 radical (unpaired) electrons. The lowest BCUT2D eigenvalue weighted by atomic mass is 10.1. The molecule has 0 bridgehead atoms. The fourth-order valence-electron chi connectivity index (χ4n) is 1.45. The van der Waals surface area contributed by atoms with Crippen LogP contribution in [-0.4, -0.2) is 39.0 Å². The summed E-state index contributed by atoms with van der Waals surface area (Å²) in [7, 11) is -1.23. The number of nitrogens with two attached hydrogens (primary N) is 1. The topological polar surface area (TPSA) is 63.4 Å². The molecular weight excluding hydrogens is 292 g/mol. The Morgan fingerprint density at radius 2 is 2.11 bits per heavy atom. The van der Waals surface area contributed by atoms with Gasteiger partial charge in [0.15, 0.2) is 0 Å². The first kappa shape index (κ1) is 15.2. The Kier molecular flexibility index (Phi) is 4.95. The maximum atomic E-state index is 11.1. The highest BCUT2D eigenvalue weighted by Gasteiger charge is 2.12. The van der Waals surface area contributed by atoms with Gasteiger partial charge in [-0.3, -0.25) is 0 Å². The molecule has 0 aromatic heterocycles. The van der Waals surface area contributed by atoms with Gasteiger partial charge in [-0.25, -0.2) is 8.42 Å². The molecule has 0 heterocycles. The zero-order valence-electron chi connectivity index (χ0n) is 10.2. The highest BCUT2D eigenvalue weighted by molar-refractivity contribution is 7.90. The number of hydrogen-bond donors (Lipinski definition) is 1. The monoisotopic (exact) mass is 306 g/mol. The predicted octanol–water partition coefficient (Wildman–Crippen LogP) is 1.46. The van der Waals surface area contributed by atoms with Crippen LogP contribution in [0.4, 0.5) is 5.69 Å². The summed E-state index contributed by atoms with van der Waals surface area (Å²) in [5.74, 6) is 0.0623. The second-order valence-corrected chi connectivity index (χ2v) is 7.21. The number of sulfone groups is 1. The van der Waals surface area contributed by atoms with Gasteiger partial charge in [0.2, 0.25) is 0 Å². The molecular formula is C11H15ClN2O2S2. The van der Waals surface area contributed by atoms with Crippen LogP contribution in [0.15, 0.2) is 18.2 Å². The number of halogens is 1. The Morgan fingerprint density at radius 1 is 1.50 bits per heavy atom. The van der Waals surface area contributed by atoms with Crippen LogP contribution in [0.3, 0.4) is 0 Å². The third-order valence-corrected chi connectivity index (χ3v) is 3.81. The van der Waals surface area contributed by atoms with Crippen molar-refractivity contribution in [3.8, 4) is 0 Å². The average Bonchev–Trinajstić information content (AvgIpc) is 2.24. The molecule has 0 saturated heterocycles. The van der Waals surface area contributed by atoms with Gasteiger partial charge in [-0.05, 0) is 18.2 Å². The highest BCUT2D eigenvalue weighted by Crippen LogP contribution is 2.24. The second kappa shape index (κ2) is 5.86. The lowest BCUT2D eigenvalue weighted by Gasteiger charge is -2.22. The fourth-order valence-corrected chi connectivity index (χ4v) is 2.40. The summed E-state index contributed by atoms with van der Waals surface area (Å²) in [5, 5.41) is 0.552. The number of rotatable bonds is 5. The molecule has 7 heteroatoms. The maximum Gasteiger partial charge on any atom is 0.149 e. The summed E-state index contributed by atoms with van der Waals surface area (Å²) in [5.41, 5.74) is 7.05. The minimum absolute atomic E-state index is 0.0623. The molecule has 18 heavy (non-hydrogen) atoms. The third-order valence-electron chi connectivity index (χ3n) is 2.43. The molecule has 0 unspecified atom stereocenters. The molecule has 0 spiro atoms. The minimum atomic E-state index is -3.01. The van der Waals surface area contributed by atoms with Gasteiger partial charge < -0.3 is 10.6 Å². The molecule has 0 amide bonds. The Labute approximate surface area is 118 Å². The highest BCUT2D eigenvalue weighted by atomic mass is 35.5. The van der Waals surface area contributed by atoms with Gasteiger partial charge in [0.25, 0.3) is 0 Å². The molecule has 0 saturated carbocycles. The first-order valence-corrected chi connectivity index (χ1v) is 8.03. The number of thiocarbonyl (C=S) groups is 1. The number of benzene rings is 1. The molecule has 4 nitrogen and oxygen atoms in total. The van der Waals surface area contributed by atoms with Crippen molar-refractivity contribution in [1.29, 1.82) is 0 Å². The normalized spacial score (nSPS) is 11.3. The van der Waals surface area contributed by atoms with Gasteiger partial charge in [0.05, 0.1) is 5.75 Å². The Hall–Kier alpha value is -0.850. The van der Waals surface area contributed by atoms with E-state index in [0.717, 1.165) is 5.69 Å². The molecule has 1 rings (SSSR count). The van der Waals surface area contributed by atoms with Gasteiger partial charge in [0, 0.05) is 36.1 Å². The smallest absolute Gasteiger partial charge is 0.149 e. The molecule has 1 aromatic rings. The van der Waals surface area contributed by atoms with Crippen LogP contribution in [0.1, 0.15) is 5.56 Å². The van der Waals surface area contributed by atoms with Gasteiger partial charge in [-0.2, -0.15) is 0 Å². The Balaban J connectivity index is 3.00. The second-order valence-electron chi connectivity index (χ2n) is 4.08. The average molecular weight is 307 g/mol. The third kappa shape index (κ3) is 4.44. The Bertz CT molecular complexity index is 558. The van der Waals surface area contributed by atoms with Gasteiger partial charge in [-0.1, -0.05) is 23.8 Å². The molecule has 100 valence electrons. The van der Waals surface area contributed by atoms with Crippen LogP contribution < -0.4 is 10.6 Å². The van der Waals surface area contributed by atoms with Gasteiger partial charge >= 0.3 is 0 Å². The summed E-state index contributed by atoms with van der Waals surface area (Å²) in [6.07, 6.45) is 1.20. The van der Waals surface area contributed by atoms with E-state index in [9.17, 15) is 8.42 Å². The predicted molar refractivity (Wildman–Crippen MR) is 80.3 cm³/mol. The van der Waals surface area contributed by atoms with Crippen LogP contribution in [-0.2, 0) is 9.84 Å². The number of hydrogen-bond acceptors (Lipinski definition) is 4. The van der Waals surface area contributed by atoms with Crippen molar-refractivity contribution in [3.05, 3.63) is 28.8 Å². The summed E-state index contributed by atoms with van der Waals surface area (Å²) >= 11 is 10.9. The zero-order valence-corrected chi connectivity index (χ0v) is 12.6. The van der Waals surface area contributed by atoms with Crippen molar-refractivity contribution in [2.24, 2.45) is 5.73 Å². The van der Waals surface area contributed by atoms with Crippen LogP contribution in [0.2, 0.25) is 5.02 Å². The molecule has 0 aliphatic carbocycles. The van der Waals surface area contributed by atoms with E-state index in [1.807, 2.05) is 0 Å². The van der Waals surface area contributed by atoms with E-state index < -0.39 is 9.84 Å². The van der Waals surface area contributed by atoms with E-state index in [-0.39, 0.29) is 10.7 Å². The SMILES string of the molecule is CN(CCS(C)(=O)=O)c1cc(Cl)ccc1C(N)=S. The van der Waals surface area contributed by atoms with E-state index >= 15 is 0 Å². The minimum Gasteiger partial charge on any atom is -0.389 e.